The Kier molecular flexibility index (Phi) is 6.09. The number of fused-ring (bicyclic) bond motifs is 2. The summed E-state index contributed by atoms with van der Waals surface area (Å²) < 4.78 is 29.9. The van der Waals surface area contributed by atoms with Gasteiger partial charge >= 0.3 is 0 Å². The molecule has 1 fully saturated rings. The molecule has 11 heteroatoms. The number of hydrogen-bond acceptors (Lipinski definition) is 8. The van der Waals surface area contributed by atoms with Crippen molar-refractivity contribution in [1.82, 2.24) is 19.1 Å². The first-order chi connectivity index (χ1) is 16.4. The van der Waals surface area contributed by atoms with Gasteiger partial charge in [0.2, 0.25) is 0 Å². The number of nitriles is 1. The van der Waals surface area contributed by atoms with Crippen molar-refractivity contribution in [2.45, 2.75) is 43.2 Å². The molecule has 34 heavy (non-hydrogen) atoms. The number of nitrogens with one attached hydrogen (secondary N) is 2. The van der Waals surface area contributed by atoms with Gasteiger partial charge in [0, 0.05) is 32.1 Å². The fourth-order valence-corrected chi connectivity index (χ4v) is 6.65. The van der Waals surface area contributed by atoms with E-state index in [2.05, 4.69) is 16.4 Å². The Balaban J connectivity index is 1.50. The fraction of sp³-hybridized carbons (Fsp3) is 0.435. The molecule has 1 aliphatic carbocycles. The number of ether oxygens (including phenoxy) is 1. The van der Waals surface area contributed by atoms with Gasteiger partial charge in [-0.1, -0.05) is 12.8 Å². The Hall–Kier alpha value is -2.88. The molecule has 0 spiro atoms. The lowest BCUT2D eigenvalue weighted by molar-refractivity contribution is 0.175. The van der Waals surface area contributed by atoms with Gasteiger partial charge in [0.1, 0.15) is 5.39 Å². The highest BCUT2D eigenvalue weighted by Crippen LogP contribution is 2.58. The first kappa shape index (κ1) is 22.9. The first-order valence-electron chi connectivity index (χ1n) is 11.4. The fourth-order valence-electron chi connectivity index (χ4n) is 5.00. The van der Waals surface area contributed by atoms with Crippen LogP contribution < -0.4 is 10.9 Å². The summed E-state index contributed by atoms with van der Waals surface area (Å²) in [5.74, 6) is 0.271. The lowest BCUT2D eigenvalue weighted by atomic mass is 9.85. The molecule has 5 rings (SSSR count). The van der Waals surface area contributed by atoms with Crippen LogP contribution in [0.3, 0.4) is 0 Å². The average molecular weight is 485 g/mol. The van der Waals surface area contributed by atoms with Gasteiger partial charge in [-0.15, -0.1) is 10.8 Å². The van der Waals surface area contributed by atoms with Crippen LogP contribution in [-0.4, -0.2) is 48.4 Å². The summed E-state index contributed by atoms with van der Waals surface area (Å²) in [6.45, 7) is 1.19. The minimum Gasteiger partial charge on any atom is -0.383 e. The van der Waals surface area contributed by atoms with Gasteiger partial charge in [-0.05, 0) is 42.7 Å². The molecule has 1 saturated carbocycles. The molecule has 4 N–H and O–H groups in total. The summed E-state index contributed by atoms with van der Waals surface area (Å²) in [6, 6.07) is 9.48. The summed E-state index contributed by atoms with van der Waals surface area (Å²) in [6.07, 6.45) is 5.31. The predicted molar refractivity (Wildman–Crippen MR) is 130 cm³/mol. The van der Waals surface area contributed by atoms with Crippen molar-refractivity contribution in [2.75, 3.05) is 25.6 Å². The van der Waals surface area contributed by atoms with E-state index in [0.29, 0.717) is 47.0 Å². The predicted octanol–water partition coefficient (Wildman–Crippen LogP) is 4.21. The van der Waals surface area contributed by atoms with Crippen LogP contribution in [0.4, 0.5) is 11.5 Å². The van der Waals surface area contributed by atoms with Crippen LogP contribution in [0.1, 0.15) is 37.3 Å². The van der Waals surface area contributed by atoms with E-state index in [4.69, 9.17) is 9.84 Å². The summed E-state index contributed by atoms with van der Waals surface area (Å²) >= 11 is 0. The Labute approximate surface area is 198 Å². The van der Waals surface area contributed by atoms with Crippen molar-refractivity contribution >= 4 is 33.2 Å². The van der Waals surface area contributed by atoms with Crippen molar-refractivity contribution in [3.63, 3.8) is 0 Å². The Morgan fingerprint density at radius 3 is 2.94 bits per heavy atom. The van der Waals surface area contributed by atoms with E-state index in [9.17, 15) is 19.2 Å². The zero-order valence-electron chi connectivity index (χ0n) is 18.9. The number of H-pyrrole nitrogens is 1. The summed E-state index contributed by atoms with van der Waals surface area (Å²) in [7, 11) is -1.47. The molecule has 1 aliphatic heterocycles. The van der Waals surface area contributed by atoms with Crippen molar-refractivity contribution in [3.8, 4) is 6.07 Å². The van der Waals surface area contributed by atoms with E-state index >= 15 is 0 Å². The first-order valence-corrected chi connectivity index (χ1v) is 12.9. The molecular weight excluding hydrogens is 456 g/mol. The number of aromatic amines is 1. The number of rotatable bonds is 6. The molecule has 10 nitrogen and oxygen atoms in total. The Morgan fingerprint density at radius 1 is 1.32 bits per heavy atom. The maximum Gasteiger partial charge on any atom is 0.261 e. The number of hydrogen-bond donors (Lipinski definition) is 4. The van der Waals surface area contributed by atoms with Crippen LogP contribution in [-0.2, 0) is 11.3 Å². The number of benzene rings is 1. The van der Waals surface area contributed by atoms with Gasteiger partial charge in [-0.25, -0.2) is 0 Å². The summed E-state index contributed by atoms with van der Waals surface area (Å²) in [5, 5.41) is 18.1. The van der Waals surface area contributed by atoms with Crippen LogP contribution in [0.15, 0.2) is 40.2 Å². The van der Waals surface area contributed by atoms with Crippen molar-refractivity contribution in [3.05, 3.63) is 46.4 Å². The quantitative estimate of drug-likeness (QED) is 0.408. The molecule has 180 valence electrons. The van der Waals surface area contributed by atoms with Crippen LogP contribution in [0.25, 0.3) is 10.9 Å². The molecule has 0 radical (unpaired) electrons. The molecule has 2 aromatic heterocycles. The monoisotopic (exact) mass is 484 g/mol. The molecule has 2 atom stereocenters. The number of pyridine rings is 1. The second-order valence-electron chi connectivity index (χ2n) is 8.77. The highest BCUT2D eigenvalue weighted by atomic mass is 32.3. The summed E-state index contributed by atoms with van der Waals surface area (Å²) in [4.78, 5) is 16.0. The third kappa shape index (κ3) is 3.87. The average Bonchev–Trinajstić information content (AvgIpc) is 3.32. The third-order valence-corrected chi connectivity index (χ3v) is 8.73. The molecule has 3 heterocycles. The summed E-state index contributed by atoms with van der Waals surface area (Å²) in [5.41, 5.74) is 1.93. The van der Waals surface area contributed by atoms with E-state index in [1.807, 2.05) is 16.8 Å². The van der Waals surface area contributed by atoms with E-state index in [0.717, 1.165) is 31.2 Å². The maximum absolute atomic E-state index is 12.8. The van der Waals surface area contributed by atoms with Crippen LogP contribution >= 0.6 is 10.8 Å². The Morgan fingerprint density at radius 2 is 2.15 bits per heavy atom. The van der Waals surface area contributed by atoms with Crippen LogP contribution in [0, 0.1) is 17.2 Å². The normalized spacial score (nSPS) is 22.9. The Bertz CT molecular complexity index is 1310. The lowest BCUT2D eigenvalue weighted by Gasteiger charge is -2.37. The van der Waals surface area contributed by atoms with Crippen LogP contribution in [0.5, 0.6) is 0 Å². The number of anilines is 2. The molecular formula is C23H28N6O4S. The third-order valence-electron chi connectivity index (χ3n) is 6.71. The number of methoxy groups -OCH3 is 1. The van der Waals surface area contributed by atoms with Gasteiger partial charge in [0.25, 0.3) is 5.56 Å². The van der Waals surface area contributed by atoms with Crippen molar-refractivity contribution in [2.24, 2.45) is 5.92 Å². The molecule has 2 unspecified atom stereocenters. The van der Waals surface area contributed by atoms with Crippen molar-refractivity contribution < 1.29 is 13.8 Å². The largest absolute Gasteiger partial charge is 0.383 e. The molecule has 1 aromatic carbocycles. The minimum atomic E-state index is -3.05. The van der Waals surface area contributed by atoms with E-state index < -0.39 is 10.8 Å². The molecule has 2 aliphatic rings. The highest BCUT2D eigenvalue weighted by Gasteiger charge is 2.35. The van der Waals surface area contributed by atoms with Gasteiger partial charge in [0.15, 0.2) is 5.82 Å². The standard InChI is InChI=1S/C23H28N6O4S/c1-33-11-10-28-14-16-12-17(6-7-20(16)34(28,31)32)26-22-21-19(8-9-25-23(21)30)29(27-22)18-5-3-2-4-15(18)13-24/h6-9,12,15,18,31-32H,2-5,10-11,14H2,1H3,(H,25,30)(H,26,27). The molecule has 0 bridgehead atoms. The zero-order chi connectivity index (χ0) is 23.9. The topological polar surface area (TPSA) is 139 Å². The second kappa shape index (κ2) is 9.05. The minimum absolute atomic E-state index is 0.0824. The molecule has 0 saturated heterocycles. The van der Waals surface area contributed by atoms with Gasteiger partial charge < -0.3 is 15.0 Å². The second-order valence-corrected chi connectivity index (χ2v) is 10.8. The smallest absolute Gasteiger partial charge is 0.261 e. The maximum atomic E-state index is 12.8. The number of nitrogens with zero attached hydrogens (tertiary/aromatic N) is 4. The lowest BCUT2D eigenvalue weighted by Crippen LogP contribution is -2.25. The highest BCUT2D eigenvalue weighted by molar-refractivity contribution is 8.22. The van der Waals surface area contributed by atoms with Gasteiger partial charge in [-0.3, -0.25) is 18.6 Å². The van der Waals surface area contributed by atoms with E-state index in [1.54, 1.807) is 29.7 Å². The SMILES string of the molecule is COCCN1Cc2cc(Nc3nn(C4CCCCC4C#N)c4cc[nH]c(=O)c34)ccc2S1(O)O. The number of aromatic nitrogens is 3. The van der Waals surface area contributed by atoms with Gasteiger partial charge in [-0.2, -0.15) is 14.7 Å². The van der Waals surface area contributed by atoms with Gasteiger partial charge in [0.05, 0.1) is 35.0 Å². The molecule has 0 amide bonds. The van der Waals surface area contributed by atoms with Crippen LogP contribution in [0.2, 0.25) is 0 Å². The van der Waals surface area contributed by atoms with E-state index in [-0.39, 0.29) is 17.5 Å². The van der Waals surface area contributed by atoms with Crippen molar-refractivity contribution in [1.29, 1.82) is 5.26 Å². The molecule has 3 aromatic rings. The zero-order valence-corrected chi connectivity index (χ0v) is 19.7. The van der Waals surface area contributed by atoms with E-state index in [1.165, 1.54) is 0 Å².